The minimum Gasteiger partial charge on any atom is -0.497 e. The molecule has 0 aliphatic rings. The van der Waals surface area contributed by atoms with E-state index in [1.807, 2.05) is 0 Å². The average molecular weight is 280 g/mol. The van der Waals surface area contributed by atoms with Gasteiger partial charge in [-0.25, -0.2) is 4.79 Å². The van der Waals surface area contributed by atoms with Gasteiger partial charge in [0, 0.05) is 24.7 Å². The molecule has 2 amide bonds. The molecule has 0 heterocycles. The van der Waals surface area contributed by atoms with Gasteiger partial charge in [-0.1, -0.05) is 11.2 Å². The van der Waals surface area contributed by atoms with E-state index in [0.29, 0.717) is 24.4 Å². The fourth-order valence-corrected chi connectivity index (χ4v) is 1.56. The number of rotatable bonds is 7. The highest BCUT2D eigenvalue weighted by atomic mass is 16.5. The largest absolute Gasteiger partial charge is 0.497 e. The van der Waals surface area contributed by atoms with Crippen LogP contribution in [0.4, 0.5) is 10.5 Å². The third-order valence-electron chi connectivity index (χ3n) is 2.60. The summed E-state index contributed by atoms with van der Waals surface area (Å²) in [6, 6.07) is 6.84. The first-order valence-corrected chi connectivity index (χ1v) is 6.31. The molecule has 0 fully saturated rings. The van der Waals surface area contributed by atoms with Gasteiger partial charge in [0.2, 0.25) is 0 Å². The summed E-state index contributed by atoms with van der Waals surface area (Å²) < 4.78 is 5.07. The van der Waals surface area contributed by atoms with Gasteiger partial charge in [0.05, 0.1) is 7.11 Å². The monoisotopic (exact) mass is 280 g/mol. The second kappa shape index (κ2) is 8.63. The number of nitrogens with one attached hydrogen (secondary N) is 2. The van der Waals surface area contributed by atoms with Crippen LogP contribution in [0.15, 0.2) is 29.4 Å². The molecule has 0 aliphatic heterocycles. The zero-order valence-corrected chi connectivity index (χ0v) is 11.4. The number of unbranched alkanes of at least 4 members (excludes halogenated alkanes) is 1. The van der Waals surface area contributed by atoms with Gasteiger partial charge in [0.15, 0.2) is 0 Å². The van der Waals surface area contributed by atoms with Crippen LogP contribution in [-0.2, 0) is 0 Å². The summed E-state index contributed by atoms with van der Waals surface area (Å²) in [5, 5.41) is 16.7. The van der Waals surface area contributed by atoms with Crippen molar-refractivity contribution in [1.82, 2.24) is 5.32 Å². The number of amides is 2. The summed E-state index contributed by atoms with van der Waals surface area (Å²) in [5.74, 6) is 0.882. The van der Waals surface area contributed by atoms with Gasteiger partial charge >= 0.3 is 6.03 Å². The van der Waals surface area contributed by atoms with Crippen LogP contribution in [-0.4, -0.2) is 30.7 Å². The number of oxime groups is 1. The van der Waals surface area contributed by atoms with Crippen LogP contribution in [0.2, 0.25) is 0 Å². The molecular formula is C13H20N4O3. The Morgan fingerprint density at radius 2 is 2.25 bits per heavy atom. The minimum absolute atomic E-state index is 0.200. The first-order valence-electron chi connectivity index (χ1n) is 6.31. The summed E-state index contributed by atoms with van der Waals surface area (Å²) in [4.78, 5) is 11.6. The first kappa shape index (κ1) is 15.6. The molecule has 20 heavy (non-hydrogen) atoms. The normalized spacial score (nSPS) is 10.9. The Morgan fingerprint density at radius 1 is 1.45 bits per heavy atom. The van der Waals surface area contributed by atoms with Crippen molar-refractivity contribution in [1.29, 1.82) is 0 Å². The second-order valence-corrected chi connectivity index (χ2v) is 4.16. The maximum Gasteiger partial charge on any atom is 0.319 e. The fourth-order valence-electron chi connectivity index (χ4n) is 1.56. The number of hydrogen-bond acceptors (Lipinski definition) is 4. The van der Waals surface area contributed by atoms with Crippen LogP contribution in [0, 0.1) is 0 Å². The number of anilines is 1. The molecule has 7 heteroatoms. The van der Waals surface area contributed by atoms with Crippen molar-refractivity contribution >= 4 is 17.6 Å². The van der Waals surface area contributed by atoms with Crippen molar-refractivity contribution in [3.05, 3.63) is 24.3 Å². The number of urea groups is 1. The number of ether oxygens (including phenoxy) is 1. The average Bonchev–Trinajstić information content (AvgIpc) is 2.46. The third kappa shape index (κ3) is 5.94. The summed E-state index contributed by atoms with van der Waals surface area (Å²) in [6.45, 7) is 0.522. The quantitative estimate of drug-likeness (QED) is 0.200. The van der Waals surface area contributed by atoms with Gasteiger partial charge in [0.25, 0.3) is 0 Å². The van der Waals surface area contributed by atoms with E-state index in [1.54, 1.807) is 31.4 Å². The fraction of sp³-hybridized carbons (Fsp3) is 0.385. The predicted octanol–water partition coefficient (Wildman–Crippen LogP) is 1.73. The smallest absolute Gasteiger partial charge is 0.319 e. The maximum atomic E-state index is 11.6. The lowest BCUT2D eigenvalue weighted by Crippen LogP contribution is -2.29. The lowest BCUT2D eigenvalue weighted by Gasteiger charge is -2.08. The first-order chi connectivity index (χ1) is 9.65. The molecule has 0 unspecified atom stereocenters. The molecule has 0 spiro atoms. The van der Waals surface area contributed by atoms with Gasteiger partial charge in [-0.05, 0) is 25.0 Å². The van der Waals surface area contributed by atoms with Gasteiger partial charge in [-0.2, -0.15) is 0 Å². The zero-order chi connectivity index (χ0) is 14.8. The van der Waals surface area contributed by atoms with Crippen LogP contribution in [0.5, 0.6) is 5.75 Å². The predicted molar refractivity (Wildman–Crippen MR) is 77.3 cm³/mol. The topological polar surface area (TPSA) is 109 Å². The standard InChI is InChI=1S/C13H20N4O3/c1-20-11-6-4-5-10(9-11)16-13(18)15-8-3-2-7-12(14)17-19/h4-6,9,19H,2-3,7-8H2,1H3,(H2,14,17)(H2,15,16,18). The summed E-state index contributed by atoms with van der Waals surface area (Å²) in [6.07, 6.45) is 2.01. The number of amidine groups is 1. The molecule has 110 valence electrons. The van der Waals surface area contributed by atoms with Gasteiger partial charge in [-0.15, -0.1) is 0 Å². The van der Waals surface area contributed by atoms with Crippen molar-refractivity contribution < 1.29 is 14.7 Å². The van der Waals surface area contributed by atoms with E-state index in [0.717, 1.165) is 12.8 Å². The summed E-state index contributed by atoms with van der Waals surface area (Å²) in [7, 11) is 1.57. The molecule has 7 nitrogen and oxygen atoms in total. The van der Waals surface area contributed by atoms with Crippen LogP contribution in [0.25, 0.3) is 0 Å². The molecule has 1 aromatic rings. The Labute approximate surface area is 117 Å². The Morgan fingerprint density at radius 3 is 2.95 bits per heavy atom. The number of nitrogens with zero attached hydrogens (tertiary/aromatic N) is 1. The van der Waals surface area contributed by atoms with E-state index >= 15 is 0 Å². The molecule has 5 N–H and O–H groups in total. The highest BCUT2D eigenvalue weighted by Crippen LogP contribution is 2.16. The highest BCUT2D eigenvalue weighted by Gasteiger charge is 2.02. The van der Waals surface area contributed by atoms with E-state index in [-0.39, 0.29) is 11.9 Å². The Balaban J connectivity index is 2.23. The molecule has 0 atom stereocenters. The van der Waals surface area contributed by atoms with Crippen LogP contribution in [0.1, 0.15) is 19.3 Å². The lowest BCUT2D eigenvalue weighted by molar-refractivity contribution is 0.252. The molecular weight excluding hydrogens is 260 g/mol. The highest BCUT2D eigenvalue weighted by molar-refractivity contribution is 5.89. The number of carbonyl (C=O) groups excluding carboxylic acids is 1. The molecule has 0 saturated carbocycles. The summed E-state index contributed by atoms with van der Waals surface area (Å²) in [5.41, 5.74) is 6.00. The van der Waals surface area contributed by atoms with Gasteiger partial charge in [-0.3, -0.25) is 0 Å². The van der Waals surface area contributed by atoms with Gasteiger partial charge < -0.3 is 26.3 Å². The summed E-state index contributed by atoms with van der Waals surface area (Å²) >= 11 is 0. The number of hydrogen-bond donors (Lipinski definition) is 4. The molecule has 0 bridgehead atoms. The van der Waals surface area contributed by atoms with E-state index in [2.05, 4.69) is 15.8 Å². The Hall–Kier alpha value is -2.44. The van der Waals surface area contributed by atoms with Crippen LogP contribution < -0.4 is 21.1 Å². The van der Waals surface area contributed by atoms with E-state index in [1.165, 1.54) is 0 Å². The van der Waals surface area contributed by atoms with Crippen molar-refractivity contribution in [2.24, 2.45) is 10.9 Å². The van der Waals surface area contributed by atoms with E-state index < -0.39 is 0 Å². The molecule has 1 rings (SSSR count). The molecule has 0 aliphatic carbocycles. The van der Waals surface area contributed by atoms with Crippen molar-refractivity contribution in [2.75, 3.05) is 19.0 Å². The van der Waals surface area contributed by atoms with Crippen molar-refractivity contribution in [3.63, 3.8) is 0 Å². The van der Waals surface area contributed by atoms with Crippen molar-refractivity contribution in [2.45, 2.75) is 19.3 Å². The Bertz CT molecular complexity index is 463. The van der Waals surface area contributed by atoms with E-state index in [4.69, 9.17) is 15.7 Å². The zero-order valence-electron chi connectivity index (χ0n) is 11.4. The van der Waals surface area contributed by atoms with Crippen LogP contribution >= 0.6 is 0 Å². The lowest BCUT2D eigenvalue weighted by atomic mass is 10.2. The number of benzene rings is 1. The molecule has 1 aromatic carbocycles. The molecule has 0 saturated heterocycles. The number of methoxy groups -OCH3 is 1. The number of carbonyl (C=O) groups is 1. The maximum absolute atomic E-state index is 11.6. The number of nitrogens with two attached hydrogens (primary N) is 1. The third-order valence-corrected chi connectivity index (χ3v) is 2.60. The second-order valence-electron chi connectivity index (χ2n) is 4.16. The molecule has 0 radical (unpaired) electrons. The van der Waals surface area contributed by atoms with Gasteiger partial charge in [0.1, 0.15) is 11.6 Å². The Kier molecular flexibility index (Phi) is 6.74. The minimum atomic E-state index is -0.276. The van der Waals surface area contributed by atoms with Crippen LogP contribution in [0.3, 0.4) is 0 Å². The van der Waals surface area contributed by atoms with Crippen molar-refractivity contribution in [3.8, 4) is 5.75 Å². The molecule has 0 aromatic heterocycles. The SMILES string of the molecule is COc1cccc(NC(=O)NCCCCC(N)=NO)c1. The van der Waals surface area contributed by atoms with E-state index in [9.17, 15) is 4.79 Å².